The largest absolute Gasteiger partial charge is 0.338 e. The van der Waals surface area contributed by atoms with E-state index in [4.69, 9.17) is 4.98 Å². The third-order valence-electron chi connectivity index (χ3n) is 5.83. The lowest BCUT2D eigenvalue weighted by Crippen LogP contribution is -1.89. The summed E-state index contributed by atoms with van der Waals surface area (Å²) in [5.41, 5.74) is 8.46. The maximum atomic E-state index is 13.8. The van der Waals surface area contributed by atoms with E-state index in [1.165, 1.54) is 12.1 Å². The Morgan fingerprint density at radius 1 is 0.970 bits per heavy atom. The molecule has 7 heteroatoms. The Labute approximate surface area is 188 Å². The summed E-state index contributed by atoms with van der Waals surface area (Å²) in [6, 6.07) is 16.5. The van der Waals surface area contributed by atoms with E-state index in [1.54, 1.807) is 12.3 Å². The number of hydrogen-bond acceptors (Lipinski definition) is 4. The van der Waals surface area contributed by atoms with Crippen LogP contribution in [0.15, 0.2) is 73.2 Å². The second kappa shape index (κ2) is 7.63. The van der Waals surface area contributed by atoms with Crippen molar-refractivity contribution in [1.29, 1.82) is 0 Å². The highest BCUT2D eigenvalue weighted by molar-refractivity contribution is 5.99. The Bertz CT molecular complexity index is 1630. The molecule has 0 saturated heterocycles. The molecule has 160 valence electrons. The fraction of sp³-hybridized carbons (Fsp3) is 0.0769. The lowest BCUT2D eigenvalue weighted by Gasteiger charge is -2.03. The molecule has 1 aromatic carbocycles. The molecule has 5 heterocycles. The van der Waals surface area contributed by atoms with Crippen molar-refractivity contribution in [3.63, 3.8) is 0 Å². The highest BCUT2D eigenvalue weighted by Gasteiger charge is 2.16. The number of H-pyrrole nitrogens is 2. The zero-order valence-electron chi connectivity index (χ0n) is 17.8. The molecule has 6 nitrogen and oxygen atoms in total. The van der Waals surface area contributed by atoms with Crippen LogP contribution in [0.5, 0.6) is 0 Å². The predicted octanol–water partition coefficient (Wildman–Crippen LogP) is 5.93. The first kappa shape index (κ1) is 19.3. The van der Waals surface area contributed by atoms with Crippen LogP contribution in [0.2, 0.25) is 0 Å². The molecule has 6 aromatic rings. The quantitative estimate of drug-likeness (QED) is 0.360. The van der Waals surface area contributed by atoms with Crippen LogP contribution in [0, 0.1) is 5.82 Å². The zero-order valence-corrected chi connectivity index (χ0v) is 17.8. The number of pyridine rings is 3. The maximum Gasteiger partial charge on any atom is 0.138 e. The van der Waals surface area contributed by atoms with Crippen molar-refractivity contribution in [3.05, 3.63) is 84.6 Å². The van der Waals surface area contributed by atoms with Crippen molar-refractivity contribution < 1.29 is 4.39 Å². The number of benzene rings is 1. The lowest BCUT2D eigenvalue weighted by molar-refractivity contribution is 0.628. The van der Waals surface area contributed by atoms with Crippen LogP contribution in [0.4, 0.5) is 4.39 Å². The summed E-state index contributed by atoms with van der Waals surface area (Å²) in [7, 11) is 0. The second-order valence-corrected chi connectivity index (χ2v) is 7.91. The number of halogens is 1. The normalized spacial score (nSPS) is 11.5. The number of aromatic nitrogens is 6. The number of aromatic amines is 2. The molecular weight excluding hydrogens is 415 g/mol. The minimum absolute atomic E-state index is 0.273. The van der Waals surface area contributed by atoms with Crippen LogP contribution in [-0.2, 0) is 6.42 Å². The van der Waals surface area contributed by atoms with Crippen LogP contribution in [0.25, 0.3) is 55.8 Å². The Morgan fingerprint density at radius 3 is 2.79 bits per heavy atom. The summed E-state index contributed by atoms with van der Waals surface area (Å²) in [5.74, 6) is -0.273. The summed E-state index contributed by atoms with van der Waals surface area (Å²) >= 11 is 0. The van der Waals surface area contributed by atoms with Crippen molar-refractivity contribution >= 4 is 22.1 Å². The highest BCUT2D eigenvalue weighted by Crippen LogP contribution is 2.33. The van der Waals surface area contributed by atoms with Gasteiger partial charge in [-0.25, -0.2) is 14.4 Å². The third-order valence-corrected chi connectivity index (χ3v) is 5.83. The van der Waals surface area contributed by atoms with Crippen molar-refractivity contribution in [2.45, 2.75) is 13.3 Å². The molecule has 0 saturated carbocycles. The molecule has 5 aromatic heterocycles. The van der Waals surface area contributed by atoms with E-state index in [0.717, 1.165) is 56.5 Å². The molecule has 6 rings (SSSR count). The van der Waals surface area contributed by atoms with Gasteiger partial charge in [0.25, 0.3) is 0 Å². The van der Waals surface area contributed by atoms with E-state index in [2.05, 4.69) is 38.1 Å². The molecule has 0 aliphatic rings. The number of fused-ring (bicyclic) bond motifs is 2. The van der Waals surface area contributed by atoms with Crippen LogP contribution in [0.3, 0.4) is 0 Å². The van der Waals surface area contributed by atoms with Crippen molar-refractivity contribution in [2.75, 3.05) is 0 Å². The van der Waals surface area contributed by atoms with Gasteiger partial charge in [0, 0.05) is 29.5 Å². The number of hydrogen-bond donors (Lipinski definition) is 2. The molecule has 0 radical (unpaired) electrons. The minimum atomic E-state index is -0.273. The molecule has 33 heavy (non-hydrogen) atoms. The summed E-state index contributed by atoms with van der Waals surface area (Å²) in [4.78, 5) is 17.1. The van der Waals surface area contributed by atoms with Crippen LogP contribution in [-0.4, -0.2) is 30.1 Å². The Balaban J connectivity index is 1.49. The Morgan fingerprint density at radius 2 is 1.91 bits per heavy atom. The van der Waals surface area contributed by atoms with Gasteiger partial charge in [-0.2, -0.15) is 5.10 Å². The zero-order chi connectivity index (χ0) is 22.4. The summed E-state index contributed by atoms with van der Waals surface area (Å²) in [5, 5.41) is 8.49. The molecule has 0 spiro atoms. The van der Waals surface area contributed by atoms with Crippen molar-refractivity contribution in [2.24, 2.45) is 0 Å². The van der Waals surface area contributed by atoms with Crippen LogP contribution < -0.4 is 0 Å². The molecule has 0 fully saturated rings. The van der Waals surface area contributed by atoms with E-state index < -0.39 is 0 Å². The Hall–Kier alpha value is -4.39. The van der Waals surface area contributed by atoms with Gasteiger partial charge in [0.2, 0.25) is 0 Å². The second-order valence-electron chi connectivity index (χ2n) is 7.91. The van der Waals surface area contributed by atoms with Gasteiger partial charge in [0.1, 0.15) is 22.7 Å². The van der Waals surface area contributed by atoms with Gasteiger partial charge in [-0.05, 0) is 65.6 Å². The summed E-state index contributed by atoms with van der Waals surface area (Å²) in [6.07, 6.45) is 6.33. The molecule has 0 aliphatic heterocycles. The fourth-order valence-corrected chi connectivity index (χ4v) is 4.13. The maximum absolute atomic E-state index is 13.8. The smallest absolute Gasteiger partial charge is 0.138 e. The minimum Gasteiger partial charge on any atom is -0.338 e. The first-order valence-electron chi connectivity index (χ1n) is 10.7. The predicted molar refractivity (Wildman–Crippen MR) is 127 cm³/mol. The van der Waals surface area contributed by atoms with Crippen LogP contribution in [0.1, 0.15) is 12.5 Å². The van der Waals surface area contributed by atoms with E-state index in [0.29, 0.717) is 11.3 Å². The van der Waals surface area contributed by atoms with Crippen molar-refractivity contribution in [3.8, 4) is 33.8 Å². The molecule has 2 N–H and O–H groups in total. The van der Waals surface area contributed by atoms with E-state index in [1.807, 2.05) is 42.7 Å². The van der Waals surface area contributed by atoms with Gasteiger partial charge in [0.15, 0.2) is 0 Å². The number of nitrogens with zero attached hydrogens (tertiary/aromatic N) is 4. The molecule has 0 atom stereocenters. The number of rotatable bonds is 4. The standard InChI is InChI=1S/C26H19FN6/c1-2-15-10-17(14-28-13-15)21-6-7-22-24(30-21)25(33-32-22)23-12-20-19(8-9-29-26(20)31-23)16-4-3-5-18(27)11-16/h3-14H,2H2,1H3,(H,29,31)(H,32,33). The average molecular weight is 434 g/mol. The first-order valence-corrected chi connectivity index (χ1v) is 10.7. The first-order chi connectivity index (χ1) is 16.2. The van der Waals surface area contributed by atoms with E-state index >= 15 is 0 Å². The highest BCUT2D eigenvalue weighted by atomic mass is 19.1. The van der Waals surface area contributed by atoms with Gasteiger partial charge in [0.05, 0.1) is 16.9 Å². The van der Waals surface area contributed by atoms with Gasteiger partial charge in [-0.3, -0.25) is 10.1 Å². The molecule has 0 amide bonds. The topological polar surface area (TPSA) is 83.1 Å². The molecule has 0 unspecified atom stereocenters. The molecule has 0 aliphatic carbocycles. The lowest BCUT2D eigenvalue weighted by atomic mass is 10.0. The Kier molecular flexibility index (Phi) is 4.47. The number of aryl methyl sites for hydroxylation is 1. The monoisotopic (exact) mass is 434 g/mol. The van der Waals surface area contributed by atoms with Gasteiger partial charge in [-0.15, -0.1) is 0 Å². The number of nitrogens with one attached hydrogen (secondary N) is 2. The van der Waals surface area contributed by atoms with Crippen LogP contribution >= 0.6 is 0 Å². The molecule has 0 bridgehead atoms. The SMILES string of the molecule is CCc1cncc(-c2ccc3[nH]nc(-c4cc5c(-c6cccc(F)c6)ccnc5[nH]4)c3n2)c1. The summed E-state index contributed by atoms with van der Waals surface area (Å²) in [6.45, 7) is 2.10. The van der Waals surface area contributed by atoms with Crippen molar-refractivity contribution in [1.82, 2.24) is 30.1 Å². The average Bonchev–Trinajstić information content (AvgIpc) is 3.47. The fourth-order valence-electron chi connectivity index (χ4n) is 4.13. The third kappa shape index (κ3) is 3.34. The van der Waals surface area contributed by atoms with Gasteiger partial charge in [-0.1, -0.05) is 19.1 Å². The molecular formula is C26H19FN6. The van der Waals surface area contributed by atoms with Gasteiger partial charge >= 0.3 is 0 Å². The van der Waals surface area contributed by atoms with Gasteiger partial charge < -0.3 is 4.98 Å². The van der Waals surface area contributed by atoms with E-state index in [9.17, 15) is 4.39 Å². The summed E-state index contributed by atoms with van der Waals surface area (Å²) < 4.78 is 13.8. The van der Waals surface area contributed by atoms with E-state index in [-0.39, 0.29) is 5.82 Å².